The van der Waals surface area contributed by atoms with Crippen molar-refractivity contribution in [3.05, 3.63) is 39.9 Å². The Balaban J connectivity index is 0.000000845. The van der Waals surface area contributed by atoms with Crippen molar-refractivity contribution in [2.24, 2.45) is 0 Å². The summed E-state index contributed by atoms with van der Waals surface area (Å²) in [5.74, 6) is 0. The number of allylic oxidation sites excluding steroid dienone is 1. The summed E-state index contributed by atoms with van der Waals surface area (Å²) in [6.07, 6.45) is 3.27. The molecule has 70 valence electrons. The summed E-state index contributed by atoms with van der Waals surface area (Å²) in [5.41, 5.74) is 3.98. The molecule has 1 aromatic carbocycles. The molecule has 0 amide bonds. The highest BCUT2D eigenvalue weighted by molar-refractivity contribution is 9.10. The predicted octanol–water partition coefficient (Wildman–Crippen LogP) is 2.99. The number of halogens is 2. The fourth-order valence-corrected chi connectivity index (χ4v) is 1.96. The summed E-state index contributed by atoms with van der Waals surface area (Å²) in [6.45, 7) is 0. The van der Waals surface area contributed by atoms with E-state index in [0.29, 0.717) is 0 Å². The van der Waals surface area contributed by atoms with Gasteiger partial charge in [-0.1, -0.05) is 28.1 Å². The van der Waals surface area contributed by atoms with Crippen LogP contribution < -0.4 is 5.32 Å². The van der Waals surface area contributed by atoms with Gasteiger partial charge in [0.25, 0.3) is 0 Å². The minimum absolute atomic E-state index is 0. The van der Waals surface area contributed by atoms with E-state index in [1.165, 1.54) is 16.8 Å². The molecule has 0 atom stereocenters. The van der Waals surface area contributed by atoms with Crippen molar-refractivity contribution < 1.29 is 0 Å². The van der Waals surface area contributed by atoms with E-state index in [-0.39, 0.29) is 12.4 Å². The van der Waals surface area contributed by atoms with Gasteiger partial charge < -0.3 is 5.32 Å². The van der Waals surface area contributed by atoms with Gasteiger partial charge in [-0.3, -0.25) is 0 Å². The Labute approximate surface area is 92.8 Å². The second-order valence-corrected chi connectivity index (χ2v) is 3.79. The maximum atomic E-state index is 3.46. The zero-order valence-electron chi connectivity index (χ0n) is 7.30. The summed E-state index contributed by atoms with van der Waals surface area (Å²) in [7, 11) is 1.96. The van der Waals surface area contributed by atoms with Crippen LogP contribution in [0.5, 0.6) is 0 Å². The quantitative estimate of drug-likeness (QED) is 0.818. The second kappa shape index (κ2) is 4.16. The van der Waals surface area contributed by atoms with Crippen LogP contribution in [0, 0.1) is 0 Å². The Morgan fingerprint density at radius 3 is 2.85 bits per heavy atom. The van der Waals surface area contributed by atoms with Crippen LogP contribution in [0.2, 0.25) is 0 Å². The molecule has 0 spiro atoms. The van der Waals surface area contributed by atoms with E-state index in [9.17, 15) is 0 Å². The molecule has 1 nitrogen and oxygen atoms in total. The molecule has 2 rings (SSSR count). The van der Waals surface area contributed by atoms with Crippen molar-refractivity contribution in [3.8, 4) is 0 Å². The summed E-state index contributed by atoms with van der Waals surface area (Å²) in [6, 6.07) is 6.40. The van der Waals surface area contributed by atoms with Gasteiger partial charge in [0.05, 0.1) is 0 Å². The van der Waals surface area contributed by atoms with Crippen molar-refractivity contribution in [2.75, 3.05) is 7.05 Å². The van der Waals surface area contributed by atoms with E-state index < -0.39 is 0 Å². The first-order valence-electron chi connectivity index (χ1n) is 3.98. The highest BCUT2D eigenvalue weighted by Gasteiger charge is 2.11. The molecule has 13 heavy (non-hydrogen) atoms. The molecule has 0 fully saturated rings. The third-order valence-electron chi connectivity index (χ3n) is 2.15. The Morgan fingerprint density at radius 1 is 1.38 bits per heavy atom. The van der Waals surface area contributed by atoms with Gasteiger partial charge in [-0.2, -0.15) is 0 Å². The SMILES string of the molecule is CNC1=CCc2cc(Br)ccc21.Cl. The molecule has 0 bridgehead atoms. The molecule has 0 aromatic heterocycles. The lowest BCUT2D eigenvalue weighted by Crippen LogP contribution is -2.02. The fraction of sp³-hybridized carbons (Fsp3) is 0.200. The van der Waals surface area contributed by atoms with Crippen LogP contribution >= 0.6 is 28.3 Å². The summed E-state index contributed by atoms with van der Waals surface area (Å²) >= 11 is 3.46. The monoisotopic (exact) mass is 259 g/mol. The Morgan fingerprint density at radius 2 is 2.15 bits per heavy atom. The Bertz CT molecular complexity index is 347. The van der Waals surface area contributed by atoms with Crippen LogP contribution in [0.1, 0.15) is 11.1 Å². The van der Waals surface area contributed by atoms with Crippen molar-refractivity contribution in [3.63, 3.8) is 0 Å². The van der Waals surface area contributed by atoms with Gasteiger partial charge in [0.2, 0.25) is 0 Å². The standard InChI is InChI=1S/C10H10BrN.ClH/c1-12-10-5-2-7-6-8(11)3-4-9(7)10;/h3-6,12H,2H2,1H3;1H. The van der Waals surface area contributed by atoms with E-state index in [1.54, 1.807) is 0 Å². The van der Waals surface area contributed by atoms with Crippen molar-refractivity contribution in [2.45, 2.75) is 6.42 Å². The maximum absolute atomic E-state index is 3.46. The molecular formula is C10H11BrClN. The first kappa shape index (κ1) is 10.6. The summed E-state index contributed by atoms with van der Waals surface area (Å²) in [5, 5.41) is 3.19. The van der Waals surface area contributed by atoms with Crippen LogP contribution in [0.15, 0.2) is 28.7 Å². The van der Waals surface area contributed by atoms with Crippen molar-refractivity contribution >= 4 is 34.0 Å². The van der Waals surface area contributed by atoms with E-state index in [0.717, 1.165) is 10.9 Å². The van der Waals surface area contributed by atoms with E-state index >= 15 is 0 Å². The van der Waals surface area contributed by atoms with Gasteiger partial charge in [-0.15, -0.1) is 12.4 Å². The number of hydrogen-bond acceptors (Lipinski definition) is 1. The number of nitrogens with one attached hydrogen (secondary N) is 1. The molecule has 3 heteroatoms. The molecule has 0 aliphatic heterocycles. The smallest absolute Gasteiger partial charge is 0.0376 e. The molecule has 1 N–H and O–H groups in total. The molecule has 0 unspecified atom stereocenters. The zero-order valence-corrected chi connectivity index (χ0v) is 9.71. The number of benzene rings is 1. The highest BCUT2D eigenvalue weighted by atomic mass is 79.9. The largest absolute Gasteiger partial charge is 0.388 e. The first-order chi connectivity index (χ1) is 5.81. The minimum atomic E-state index is 0. The molecule has 1 aliphatic rings. The van der Waals surface area contributed by atoms with Gasteiger partial charge in [0, 0.05) is 22.8 Å². The van der Waals surface area contributed by atoms with Crippen molar-refractivity contribution in [1.82, 2.24) is 5.32 Å². The Hall–Kier alpha value is -0.470. The van der Waals surface area contributed by atoms with Crippen LogP contribution in [0.25, 0.3) is 5.70 Å². The molecule has 0 saturated carbocycles. The first-order valence-corrected chi connectivity index (χ1v) is 4.77. The predicted molar refractivity (Wildman–Crippen MR) is 62.1 cm³/mol. The molecule has 1 aromatic rings. The zero-order chi connectivity index (χ0) is 8.55. The Kier molecular flexibility index (Phi) is 3.40. The lowest BCUT2D eigenvalue weighted by molar-refractivity contribution is 1.13. The number of rotatable bonds is 1. The van der Waals surface area contributed by atoms with Gasteiger partial charge in [0.1, 0.15) is 0 Å². The molecule has 1 aliphatic carbocycles. The van der Waals surface area contributed by atoms with Gasteiger partial charge >= 0.3 is 0 Å². The molecule has 0 radical (unpaired) electrons. The normalized spacial score (nSPS) is 12.9. The lowest BCUT2D eigenvalue weighted by atomic mass is 10.1. The number of fused-ring (bicyclic) bond motifs is 1. The third kappa shape index (κ3) is 1.89. The summed E-state index contributed by atoms with van der Waals surface area (Å²) in [4.78, 5) is 0. The minimum Gasteiger partial charge on any atom is -0.388 e. The van der Waals surface area contributed by atoms with Crippen molar-refractivity contribution in [1.29, 1.82) is 0 Å². The van der Waals surface area contributed by atoms with E-state index in [4.69, 9.17) is 0 Å². The van der Waals surface area contributed by atoms with Crippen LogP contribution in [0.3, 0.4) is 0 Å². The fourth-order valence-electron chi connectivity index (χ4n) is 1.55. The van der Waals surface area contributed by atoms with Gasteiger partial charge in [0.15, 0.2) is 0 Å². The van der Waals surface area contributed by atoms with Crippen LogP contribution in [0.4, 0.5) is 0 Å². The third-order valence-corrected chi connectivity index (χ3v) is 2.65. The average Bonchev–Trinajstić information content (AvgIpc) is 2.46. The second-order valence-electron chi connectivity index (χ2n) is 2.87. The average molecular weight is 261 g/mol. The molecular weight excluding hydrogens is 249 g/mol. The van der Waals surface area contributed by atoms with Gasteiger partial charge in [-0.25, -0.2) is 0 Å². The van der Waals surface area contributed by atoms with Crippen LogP contribution in [-0.4, -0.2) is 7.05 Å². The molecule has 0 heterocycles. The summed E-state index contributed by atoms with van der Waals surface area (Å²) < 4.78 is 1.16. The van der Waals surface area contributed by atoms with E-state index in [1.807, 2.05) is 7.05 Å². The lowest BCUT2D eigenvalue weighted by Gasteiger charge is -2.04. The van der Waals surface area contributed by atoms with E-state index in [2.05, 4.69) is 45.5 Å². The number of hydrogen-bond donors (Lipinski definition) is 1. The maximum Gasteiger partial charge on any atom is 0.0376 e. The topological polar surface area (TPSA) is 12.0 Å². The van der Waals surface area contributed by atoms with Crippen LogP contribution in [-0.2, 0) is 6.42 Å². The molecule has 0 saturated heterocycles. The van der Waals surface area contributed by atoms with Gasteiger partial charge in [-0.05, 0) is 24.1 Å². The highest BCUT2D eigenvalue weighted by Crippen LogP contribution is 2.27.